The van der Waals surface area contributed by atoms with Crippen LogP contribution in [-0.2, 0) is 0 Å². The van der Waals surface area contributed by atoms with Crippen molar-refractivity contribution in [2.24, 2.45) is 0 Å². The highest BCUT2D eigenvalue weighted by atomic mass is 19.1. The van der Waals surface area contributed by atoms with Crippen LogP contribution in [0.15, 0.2) is 12.1 Å². The summed E-state index contributed by atoms with van der Waals surface area (Å²) < 4.78 is 31.3. The van der Waals surface area contributed by atoms with Crippen molar-refractivity contribution in [3.8, 4) is 5.75 Å². The zero-order valence-corrected chi connectivity index (χ0v) is 9.44. The topological polar surface area (TPSA) is 33.3 Å². The van der Waals surface area contributed by atoms with E-state index in [9.17, 15) is 8.78 Å². The molecule has 0 atom stereocenters. The van der Waals surface area contributed by atoms with Crippen molar-refractivity contribution in [2.45, 2.75) is 6.92 Å². The molecule has 3 nitrogen and oxygen atoms in total. The molecule has 1 aromatic rings. The van der Waals surface area contributed by atoms with Gasteiger partial charge in [0.15, 0.2) is 11.6 Å². The highest BCUT2D eigenvalue weighted by molar-refractivity contribution is 5.48. The molecule has 90 valence electrons. The number of rotatable bonds is 6. The van der Waals surface area contributed by atoms with Crippen molar-refractivity contribution in [2.75, 3.05) is 32.1 Å². The molecule has 5 heteroatoms. The fourth-order valence-electron chi connectivity index (χ4n) is 1.28. The maximum absolute atomic E-state index is 13.4. The molecule has 0 bridgehead atoms. The Bertz CT molecular complexity index is 345. The molecule has 0 amide bonds. The maximum atomic E-state index is 13.4. The van der Waals surface area contributed by atoms with E-state index < -0.39 is 11.6 Å². The summed E-state index contributed by atoms with van der Waals surface area (Å²) in [5, 5.41) is 5.88. The molecule has 0 aliphatic heterocycles. The number of nitrogens with one attached hydrogen (secondary N) is 2. The Balaban J connectivity index is 2.63. The van der Waals surface area contributed by atoms with Gasteiger partial charge in [-0.05, 0) is 6.54 Å². The Morgan fingerprint density at radius 1 is 1.19 bits per heavy atom. The lowest BCUT2D eigenvalue weighted by atomic mass is 10.2. The molecule has 0 aliphatic carbocycles. The first-order chi connectivity index (χ1) is 7.69. The van der Waals surface area contributed by atoms with Crippen molar-refractivity contribution >= 4 is 5.69 Å². The minimum absolute atomic E-state index is 0.0882. The molecule has 0 spiro atoms. The number of ether oxygens (including phenoxy) is 1. The summed E-state index contributed by atoms with van der Waals surface area (Å²) in [6, 6.07) is 2.13. The lowest BCUT2D eigenvalue weighted by molar-refractivity contribution is 0.383. The third-order valence-corrected chi connectivity index (χ3v) is 2.11. The predicted molar refractivity (Wildman–Crippen MR) is 59.9 cm³/mol. The Kier molecular flexibility index (Phi) is 4.98. The van der Waals surface area contributed by atoms with Gasteiger partial charge in [0.25, 0.3) is 0 Å². The van der Waals surface area contributed by atoms with Crippen molar-refractivity contribution in [1.29, 1.82) is 0 Å². The van der Waals surface area contributed by atoms with E-state index in [2.05, 4.69) is 15.4 Å². The van der Waals surface area contributed by atoms with Gasteiger partial charge in [0, 0.05) is 25.2 Å². The van der Waals surface area contributed by atoms with Crippen LogP contribution in [-0.4, -0.2) is 26.7 Å². The van der Waals surface area contributed by atoms with Gasteiger partial charge in [-0.3, -0.25) is 0 Å². The number of halogens is 2. The van der Waals surface area contributed by atoms with E-state index in [0.29, 0.717) is 13.1 Å². The van der Waals surface area contributed by atoms with Crippen molar-refractivity contribution < 1.29 is 13.5 Å². The lowest BCUT2D eigenvalue weighted by Gasteiger charge is -2.09. The lowest BCUT2D eigenvalue weighted by Crippen LogP contribution is -2.21. The van der Waals surface area contributed by atoms with Crippen molar-refractivity contribution in [1.82, 2.24) is 5.32 Å². The number of benzene rings is 1. The summed E-state index contributed by atoms with van der Waals surface area (Å²) >= 11 is 0. The van der Waals surface area contributed by atoms with E-state index >= 15 is 0 Å². The number of methoxy groups -OCH3 is 1. The van der Waals surface area contributed by atoms with Gasteiger partial charge in [-0.15, -0.1) is 0 Å². The monoisotopic (exact) mass is 230 g/mol. The average Bonchev–Trinajstić information content (AvgIpc) is 2.28. The van der Waals surface area contributed by atoms with Gasteiger partial charge < -0.3 is 15.4 Å². The summed E-state index contributed by atoms with van der Waals surface area (Å²) in [5.41, 5.74) is 0.149. The largest absolute Gasteiger partial charge is 0.494 e. The van der Waals surface area contributed by atoms with E-state index in [0.717, 1.165) is 18.7 Å². The molecular weight excluding hydrogens is 214 g/mol. The highest BCUT2D eigenvalue weighted by Crippen LogP contribution is 2.24. The summed E-state index contributed by atoms with van der Waals surface area (Å²) in [4.78, 5) is 0. The van der Waals surface area contributed by atoms with Crippen LogP contribution >= 0.6 is 0 Å². The molecule has 0 aliphatic rings. The van der Waals surface area contributed by atoms with Crippen LogP contribution in [0.1, 0.15) is 6.92 Å². The average molecular weight is 230 g/mol. The minimum atomic E-state index is -0.574. The number of likely N-dealkylation sites (N-methyl/N-ethyl adjacent to an activating group) is 1. The third kappa shape index (κ3) is 3.34. The van der Waals surface area contributed by atoms with Gasteiger partial charge in [0.05, 0.1) is 12.8 Å². The third-order valence-electron chi connectivity index (χ3n) is 2.11. The van der Waals surface area contributed by atoms with E-state index in [1.807, 2.05) is 6.92 Å². The van der Waals surface area contributed by atoms with Crippen LogP contribution < -0.4 is 15.4 Å². The van der Waals surface area contributed by atoms with Gasteiger partial charge >= 0.3 is 0 Å². The fraction of sp³-hybridized carbons (Fsp3) is 0.455. The molecule has 1 aromatic carbocycles. The van der Waals surface area contributed by atoms with Crippen LogP contribution in [0.4, 0.5) is 14.5 Å². The van der Waals surface area contributed by atoms with Crippen LogP contribution in [0.3, 0.4) is 0 Å². The first-order valence-electron chi connectivity index (χ1n) is 5.16. The maximum Gasteiger partial charge on any atom is 0.167 e. The quantitative estimate of drug-likeness (QED) is 0.733. The normalized spacial score (nSPS) is 10.2. The predicted octanol–water partition coefficient (Wildman–Crippen LogP) is 1.99. The van der Waals surface area contributed by atoms with Gasteiger partial charge in [-0.1, -0.05) is 6.92 Å². The molecule has 0 radical (unpaired) electrons. The molecule has 0 heterocycles. The second kappa shape index (κ2) is 6.27. The van der Waals surface area contributed by atoms with Crippen molar-refractivity contribution in [3.05, 3.63) is 23.8 Å². The standard InChI is InChI=1S/C11H16F2N2O/c1-3-14-4-5-15-10-6-9(13)11(16-2)7-8(10)12/h6-7,14-15H,3-5H2,1-2H3. The number of hydrogen-bond acceptors (Lipinski definition) is 3. The molecule has 0 aromatic heterocycles. The number of anilines is 1. The highest BCUT2D eigenvalue weighted by Gasteiger charge is 2.09. The molecule has 0 unspecified atom stereocenters. The van der Waals surface area contributed by atoms with E-state index in [-0.39, 0.29) is 11.4 Å². The van der Waals surface area contributed by atoms with E-state index in [4.69, 9.17) is 0 Å². The summed E-state index contributed by atoms with van der Waals surface area (Å²) in [7, 11) is 1.30. The molecular formula is C11H16F2N2O. The Hall–Kier alpha value is -1.36. The molecule has 0 fully saturated rings. The first-order valence-corrected chi connectivity index (χ1v) is 5.16. The summed E-state index contributed by atoms with van der Waals surface area (Å²) in [5.74, 6) is -1.18. The zero-order valence-electron chi connectivity index (χ0n) is 9.44. The van der Waals surface area contributed by atoms with Crippen LogP contribution in [0.25, 0.3) is 0 Å². The minimum Gasteiger partial charge on any atom is -0.494 e. The van der Waals surface area contributed by atoms with Gasteiger partial charge in [0.2, 0.25) is 0 Å². The zero-order chi connectivity index (χ0) is 12.0. The molecule has 0 saturated carbocycles. The van der Waals surface area contributed by atoms with E-state index in [1.54, 1.807) is 0 Å². The smallest absolute Gasteiger partial charge is 0.167 e. The summed E-state index contributed by atoms with van der Waals surface area (Å²) in [6.07, 6.45) is 0. The summed E-state index contributed by atoms with van der Waals surface area (Å²) in [6.45, 7) is 4.06. The van der Waals surface area contributed by atoms with Crippen LogP contribution in [0.2, 0.25) is 0 Å². The fourth-order valence-corrected chi connectivity index (χ4v) is 1.28. The molecule has 0 saturated heterocycles. The SMILES string of the molecule is CCNCCNc1cc(F)c(OC)cc1F. The van der Waals surface area contributed by atoms with Crippen LogP contribution in [0, 0.1) is 11.6 Å². The Morgan fingerprint density at radius 2 is 1.94 bits per heavy atom. The van der Waals surface area contributed by atoms with E-state index in [1.165, 1.54) is 7.11 Å². The molecule has 16 heavy (non-hydrogen) atoms. The van der Waals surface area contributed by atoms with Gasteiger partial charge in [-0.25, -0.2) is 8.78 Å². The molecule has 2 N–H and O–H groups in total. The van der Waals surface area contributed by atoms with Crippen molar-refractivity contribution in [3.63, 3.8) is 0 Å². The second-order valence-electron chi connectivity index (χ2n) is 3.25. The number of hydrogen-bond donors (Lipinski definition) is 2. The van der Waals surface area contributed by atoms with Gasteiger partial charge in [-0.2, -0.15) is 0 Å². The van der Waals surface area contributed by atoms with Gasteiger partial charge in [0.1, 0.15) is 5.82 Å². The Labute approximate surface area is 93.8 Å². The molecule has 1 rings (SSSR count). The second-order valence-corrected chi connectivity index (χ2v) is 3.25. The van der Waals surface area contributed by atoms with Crippen LogP contribution in [0.5, 0.6) is 5.75 Å². The first kappa shape index (κ1) is 12.7. The Morgan fingerprint density at radius 3 is 2.56 bits per heavy atom.